The van der Waals surface area contributed by atoms with E-state index in [1.54, 1.807) is 18.3 Å². The van der Waals surface area contributed by atoms with E-state index < -0.39 is 23.6 Å². The van der Waals surface area contributed by atoms with Gasteiger partial charge in [-0.2, -0.15) is 0 Å². The fourth-order valence-electron chi connectivity index (χ4n) is 4.62. The number of aryl methyl sites for hydroxylation is 1. The lowest BCUT2D eigenvalue weighted by molar-refractivity contribution is -0.120. The van der Waals surface area contributed by atoms with Gasteiger partial charge in [0, 0.05) is 46.1 Å². The number of aromatic nitrogens is 1. The number of carbonyl (C=O) groups is 2. The number of allylic oxidation sites excluding steroid dienone is 2. The van der Waals surface area contributed by atoms with Crippen LogP contribution in [-0.2, 0) is 9.59 Å². The van der Waals surface area contributed by atoms with E-state index in [0.717, 1.165) is 5.56 Å². The van der Waals surface area contributed by atoms with Crippen LogP contribution in [0.2, 0.25) is 5.02 Å². The monoisotopic (exact) mass is 453 g/mol. The summed E-state index contributed by atoms with van der Waals surface area (Å²) in [4.78, 5) is 30.9. The predicted molar refractivity (Wildman–Crippen MR) is 123 cm³/mol. The molecule has 1 aromatic heterocycles. The lowest BCUT2D eigenvalue weighted by atomic mass is 9.66. The highest BCUT2D eigenvalue weighted by Crippen LogP contribution is 2.49. The number of halogens is 2. The van der Waals surface area contributed by atoms with Crippen molar-refractivity contribution in [1.82, 2.24) is 10.3 Å². The summed E-state index contributed by atoms with van der Waals surface area (Å²) in [5.74, 6) is -2.59. The Balaban J connectivity index is 1.84. The second-order valence-corrected chi connectivity index (χ2v) is 9.69. The largest absolute Gasteiger partial charge is 0.362 e. The third kappa shape index (κ3) is 4.07. The minimum Gasteiger partial charge on any atom is -0.362 e. The number of amides is 1. The molecule has 1 amide bonds. The average molecular weight is 454 g/mol. The molecular formula is C25H25ClFN3O2. The van der Waals surface area contributed by atoms with E-state index in [2.05, 4.69) is 22.2 Å². The zero-order valence-electron chi connectivity index (χ0n) is 18.3. The Morgan fingerprint density at radius 1 is 1.28 bits per heavy atom. The molecule has 2 aliphatic rings. The average Bonchev–Trinajstić information content (AvgIpc) is 2.68. The molecule has 1 aliphatic heterocycles. The fourth-order valence-corrected chi connectivity index (χ4v) is 4.90. The topological polar surface area (TPSA) is 71.1 Å². The summed E-state index contributed by atoms with van der Waals surface area (Å²) in [6.07, 6.45) is 2.53. The number of pyridine rings is 1. The van der Waals surface area contributed by atoms with Gasteiger partial charge in [0.25, 0.3) is 0 Å². The van der Waals surface area contributed by atoms with Gasteiger partial charge >= 0.3 is 0 Å². The van der Waals surface area contributed by atoms with Gasteiger partial charge in [0.15, 0.2) is 5.78 Å². The van der Waals surface area contributed by atoms with E-state index >= 15 is 4.39 Å². The van der Waals surface area contributed by atoms with E-state index in [4.69, 9.17) is 11.6 Å². The van der Waals surface area contributed by atoms with E-state index in [0.29, 0.717) is 35.6 Å². The molecule has 2 N–H and O–H groups in total. The summed E-state index contributed by atoms with van der Waals surface area (Å²) >= 11 is 6.43. The molecule has 7 heteroatoms. The molecule has 4 rings (SSSR count). The number of hydrogen-bond acceptors (Lipinski definition) is 4. The van der Waals surface area contributed by atoms with Crippen molar-refractivity contribution in [2.75, 3.05) is 5.32 Å². The summed E-state index contributed by atoms with van der Waals surface area (Å²) in [6.45, 7) is 9.97. The van der Waals surface area contributed by atoms with E-state index in [9.17, 15) is 9.59 Å². The zero-order chi connectivity index (χ0) is 23.2. The van der Waals surface area contributed by atoms with Crippen molar-refractivity contribution >= 4 is 29.1 Å². The number of nitrogens with zero attached hydrogens (tertiary/aromatic N) is 1. The van der Waals surface area contributed by atoms with Crippen LogP contribution in [0.15, 0.2) is 60.1 Å². The Bertz CT molecular complexity index is 1130. The number of nitrogens with one attached hydrogen (secondary N) is 2. The van der Waals surface area contributed by atoms with Crippen LogP contribution in [0.5, 0.6) is 0 Å². The highest BCUT2D eigenvalue weighted by Gasteiger charge is 2.47. The van der Waals surface area contributed by atoms with Crippen molar-refractivity contribution in [3.8, 4) is 0 Å². The molecule has 2 unspecified atom stereocenters. The maximum Gasteiger partial charge on any atom is 0.235 e. The number of rotatable bonds is 3. The molecule has 166 valence electrons. The van der Waals surface area contributed by atoms with Gasteiger partial charge in [-0.05, 0) is 42.5 Å². The van der Waals surface area contributed by atoms with Crippen molar-refractivity contribution in [3.05, 3.63) is 82.0 Å². The molecule has 1 aromatic carbocycles. The van der Waals surface area contributed by atoms with Crippen molar-refractivity contribution in [2.45, 2.75) is 39.5 Å². The van der Waals surface area contributed by atoms with Gasteiger partial charge in [-0.3, -0.25) is 9.59 Å². The van der Waals surface area contributed by atoms with E-state index in [1.165, 1.54) is 12.1 Å². The molecular weight excluding hydrogens is 429 g/mol. The van der Waals surface area contributed by atoms with Gasteiger partial charge < -0.3 is 10.6 Å². The molecule has 1 aliphatic carbocycles. The first-order valence-electron chi connectivity index (χ1n) is 10.5. The number of carbonyl (C=O) groups excluding carboxylic acids is 2. The number of hydrogen-bond donors (Lipinski definition) is 2. The molecule has 0 bridgehead atoms. The summed E-state index contributed by atoms with van der Waals surface area (Å²) in [6, 6.07) is 7.88. The molecule has 2 atom stereocenters. The Morgan fingerprint density at radius 2 is 2.03 bits per heavy atom. The number of benzene rings is 1. The van der Waals surface area contributed by atoms with Gasteiger partial charge in [0.1, 0.15) is 11.6 Å². The fraction of sp³-hybridized carbons (Fsp3) is 0.320. The van der Waals surface area contributed by atoms with Crippen molar-refractivity contribution < 1.29 is 14.0 Å². The molecule has 5 nitrogen and oxygen atoms in total. The summed E-state index contributed by atoms with van der Waals surface area (Å²) in [5, 5.41) is 6.14. The first kappa shape index (κ1) is 22.2. The minimum absolute atomic E-state index is 0.119. The molecule has 2 heterocycles. The second kappa shape index (κ2) is 8.17. The number of ketones is 1. The van der Waals surface area contributed by atoms with Crippen LogP contribution in [0, 0.1) is 24.1 Å². The van der Waals surface area contributed by atoms with Crippen LogP contribution in [0.4, 0.5) is 10.2 Å². The minimum atomic E-state index is -0.948. The first-order chi connectivity index (χ1) is 15.1. The standard InChI is InChI=1S/C25H25ClFN3O2/c1-13-8-9-19(28-12-13)30-24(32)20-14(2)29-17-10-25(3,4)11-18(31)22(17)23(20)21-15(26)6-5-7-16(21)27/h5-9,12,20,23,29H,2,10-11H2,1,3-4H3,(H,28,30,32). The van der Waals surface area contributed by atoms with E-state index in [-0.39, 0.29) is 21.8 Å². The van der Waals surface area contributed by atoms with Crippen LogP contribution < -0.4 is 10.6 Å². The quantitative estimate of drug-likeness (QED) is 0.663. The zero-order valence-corrected chi connectivity index (χ0v) is 19.0. The predicted octanol–water partition coefficient (Wildman–Crippen LogP) is 5.28. The number of anilines is 1. The van der Waals surface area contributed by atoms with Gasteiger partial charge in [0.2, 0.25) is 5.91 Å². The highest BCUT2D eigenvalue weighted by atomic mass is 35.5. The van der Waals surface area contributed by atoms with Gasteiger partial charge in [0.05, 0.1) is 5.92 Å². The van der Waals surface area contributed by atoms with Gasteiger partial charge in [-0.15, -0.1) is 0 Å². The smallest absolute Gasteiger partial charge is 0.235 e. The Labute approximate surface area is 191 Å². The van der Waals surface area contributed by atoms with Crippen molar-refractivity contribution in [3.63, 3.8) is 0 Å². The lowest BCUT2D eigenvalue weighted by Gasteiger charge is -2.42. The summed E-state index contributed by atoms with van der Waals surface area (Å²) < 4.78 is 15.1. The van der Waals surface area contributed by atoms with Crippen molar-refractivity contribution in [1.29, 1.82) is 0 Å². The van der Waals surface area contributed by atoms with Gasteiger partial charge in [-0.25, -0.2) is 9.37 Å². The van der Waals surface area contributed by atoms with Crippen molar-refractivity contribution in [2.24, 2.45) is 11.3 Å². The van der Waals surface area contributed by atoms with E-state index in [1.807, 2.05) is 26.8 Å². The Morgan fingerprint density at radius 3 is 2.69 bits per heavy atom. The third-order valence-electron chi connectivity index (χ3n) is 6.01. The normalized spacial score (nSPS) is 22.3. The molecule has 2 aromatic rings. The highest BCUT2D eigenvalue weighted by molar-refractivity contribution is 6.31. The molecule has 0 spiro atoms. The van der Waals surface area contributed by atoms with Crippen LogP contribution >= 0.6 is 11.6 Å². The van der Waals surface area contributed by atoms with Crippen LogP contribution in [0.25, 0.3) is 0 Å². The molecule has 0 saturated carbocycles. The summed E-state index contributed by atoms with van der Waals surface area (Å²) in [7, 11) is 0. The third-order valence-corrected chi connectivity index (χ3v) is 6.34. The maximum atomic E-state index is 15.1. The summed E-state index contributed by atoms with van der Waals surface area (Å²) in [5.41, 5.74) is 2.30. The Hall–Kier alpha value is -2.99. The second-order valence-electron chi connectivity index (χ2n) is 9.28. The number of Topliss-reactive ketones (excluding diaryl/α,β-unsaturated/α-hetero) is 1. The molecule has 0 saturated heterocycles. The molecule has 0 fully saturated rings. The van der Waals surface area contributed by atoms with Crippen LogP contribution in [0.1, 0.15) is 43.7 Å². The Kier molecular flexibility index (Phi) is 5.67. The van der Waals surface area contributed by atoms with Crippen LogP contribution in [-0.4, -0.2) is 16.7 Å². The molecule has 0 radical (unpaired) electrons. The SMILES string of the molecule is C=C1NC2=C(C(=O)CC(C)(C)C2)C(c2c(F)cccc2Cl)C1C(=O)Nc1ccc(C)cn1. The first-order valence-corrected chi connectivity index (χ1v) is 10.8. The van der Waals surface area contributed by atoms with Crippen LogP contribution in [0.3, 0.4) is 0 Å². The molecule has 32 heavy (non-hydrogen) atoms. The maximum absolute atomic E-state index is 15.1. The van der Waals surface area contributed by atoms with Gasteiger partial charge in [-0.1, -0.05) is 44.2 Å². The lowest BCUT2D eigenvalue weighted by Crippen LogP contribution is -2.45.